The number of thioether (sulfide) groups is 1. The Kier molecular flexibility index (Phi) is 5.06. The fraction of sp³-hybridized carbons (Fsp3) is 1.00. The molecule has 0 saturated carbocycles. The molecule has 0 radical (unpaired) electrons. The zero-order valence-corrected chi connectivity index (χ0v) is 11.5. The molecule has 0 aromatic heterocycles. The van der Waals surface area contributed by atoms with Crippen LogP contribution in [-0.4, -0.2) is 49.9 Å². The van der Waals surface area contributed by atoms with Crippen LogP contribution in [0.25, 0.3) is 0 Å². The first kappa shape index (κ1) is 14.2. The third-order valence-corrected chi connectivity index (χ3v) is 6.24. The van der Waals surface area contributed by atoms with Gasteiger partial charge in [0, 0.05) is 30.9 Å². The van der Waals surface area contributed by atoms with Crippen molar-refractivity contribution in [3.05, 3.63) is 0 Å². The lowest BCUT2D eigenvalue weighted by Gasteiger charge is -2.39. The summed E-state index contributed by atoms with van der Waals surface area (Å²) < 4.78 is 27.6. The fourth-order valence-electron chi connectivity index (χ4n) is 1.90. The first-order valence-corrected chi connectivity index (χ1v) is 8.16. The second-order valence-electron chi connectivity index (χ2n) is 3.99. The number of nitrogens with zero attached hydrogens (tertiary/aromatic N) is 1. The van der Waals surface area contributed by atoms with Crippen molar-refractivity contribution in [2.45, 2.75) is 24.5 Å². The topological polar surface area (TPSA) is 75.4 Å². The summed E-state index contributed by atoms with van der Waals surface area (Å²) in [7, 11) is -3.27. The molecule has 5 nitrogen and oxygen atoms in total. The largest absolute Gasteiger partial charge is 0.329 e. The van der Waals surface area contributed by atoms with E-state index in [0.717, 1.165) is 12.8 Å². The van der Waals surface area contributed by atoms with Gasteiger partial charge in [0.2, 0.25) is 0 Å². The van der Waals surface area contributed by atoms with Gasteiger partial charge in [-0.1, -0.05) is 6.92 Å². The van der Waals surface area contributed by atoms with Gasteiger partial charge >= 0.3 is 0 Å². The molecule has 0 atom stereocenters. The van der Waals surface area contributed by atoms with Crippen LogP contribution in [0.15, 0.2) is 0 Å². The Labute approximate surface area is 102 Å². The molecule has 0 bridgehead atoms. The lowest BCUT2D eigenvalue weighted by atomic mass is 9.97. The summed E-state index contributed by atoms with van der Waals surface area (Å²) in [4.78, 5) is 0. The maximum atomic E-state index is 11.8. The summed E-state index contributed by atoms with van der Waals surface area (Å²) in [5, 5.41) is 0. The van der Waals surface area contributed by atoms with Crippen molar-refractivity contribution in [3.63, 3.8) is 0 Å². The zero-order valence-electron chi connectivity index (χ0n) is 9.90. The maximum absolute atomic E-state index is 11.8. The molecular formula is C9H21N3O2S2. The number of piperidine rings is 1. The third kappa shape index (κ3) is 3.10. The van der Waals surface area contributed by atoms with E-state index in [4.69, 9.17) is 5.73 Å². The highest BCUT2D eigenvalue weighted by molar-refractivity contribution is 8.00. The smallest absolute Gasteiger partial charge is 0.279 e. The molecule has 0 amide bonds. The van der Waals surface area contributed by atoms with E-state index < -0.39 is 10.2 Å². The van der Waals surface area contributed by atoms with E-state index in [1.54, 1.807) is 18.7 Å². The van der Waals surface area contributed by atoms with Crippen LogP contribution in [-0.2, 0) is 10.2 Å². The van der Waals surface area contributed by atoms with Gasteiger partial charge in [-0.2, -0.15) is 24.5 Å². The van der Waals surface area contributed by atoms with Gasteiger partial charge in [-0.3, -0.25) is 0 Å². The number of hydrogen-bond donors (Lipinski definition) is 2. The van der Waals surface area contributed by atoms with Crippen LogP contribution in [0, 0.1) is 0 Å². The minimum atomic E-state index is -3.27. The van der Waals surface area contributed by atoms with Crippen molar-refractivity contribution in [1.29, 1.82) is 0 Å². The van der Waals surface area contributed by atoms with Crippen molar-refractivity contribution in [2.75, 3.05) is 32.4 Å². The van der Waals surface area contributed by atoms with Crippen LogP contribution in [0.4, 0.5) is 0 Å². The highest BCUT2D eigenvalue weighted by Gasteiger charge is 2.36. The van der Waals surface area contributed by atoms with Gasteiger partial charge in [0.1, 0.15) is 0 Å². The van der Waals surface area contributed by atoms with E-state index in [1.165, 1.54) is 4.31 Å². The van der Waals surface area contributed by atoms with E-state index in [9.17, 15) is 8.42 Å². The molecule has 1 saturated heterocycles. The lowest BCUT2D eigenvalue weighted by Crippen LogP contribution is -2.51. The second kappa shape index (κ2) is 5.68. The van der Waals surface area contributed by atoms with Crippen LogP contribution >= 0.6 is 11.8 Å². The predicted octanol–water partition coefficient (Wildman–Crippen LogP) is -0.00300. The summed E-state index contributed by atoms with van der Waals surface area (Å²) in [5.74, 6) is 0. The first-order chi connectivity index (χ1) is 7.49. The third-order valence-electron chi connectivity index (χ3n) is 3.11. The molecule has 7 heteroatoms. The van der Waals surface area contributed by atoms with Gasteiger partial charge < -0.3 is 5.73 Å². The SMILES string of the molecule is CCNS(=O)(=O)N1CCC(CN)(SC)CC1. The molecule has 1 fully saturated rings. The molecule has 1 aliphatic heterocycles. The van der Waals surface area contributed by atoms with E-state index in [0.29, 0.717) is 26.2 Å². The lowest BCUT2D eigenvalue weighted by molar-refractivity contribution is 0.298. The van der Waals surface area contributed by atoms with Crippen LogP contribution in [0.3, 0.4) is 0 Å². The van der Waals surface area contributed by atoms with Crippen molar-refractivity contribution in [2.24, 2.45) is 5.73 Å². The van der Waals surface area contributed by atoms with Gasteiger partial charge in [0.15, 0.2) is 0 Å². The standard InChI is InChI=1S/C9H21N3O2S2/c1-3-11-16(13,14)12-6-4-9(8-10,15-2)5-7-12/h11H,3-8,10H2,1-2H3. The van der Waals surface area contributed by atoms with Crippen molar-refractivity contribution in [3.8, 4) is 0 Å². The van der Waals surface area contributed by atoms with Crippen LogP contribution < -0.4 is 10.5 Å². The van der Waals surface area contributed by atoms with Gasteiger partial charge in [0.25, 0.3) is 10.2 Å². The fourth-order valence-corrected chi connectivity index (χ4v) is 3.87. The predicted molar refractivity (Wildman–Crippen MR) is 68.7 cm³/mol. The highest BCUT2D eigenvalue weighted by atomic mass is 32.2. The Bertz CT molecular complexity index is 305. The summed E-state index contributed by atoms with van der Waals surface area (Å²) >= 11 is 1.75. The van der Waals surface area contributed by atoms with Crippen molar-refractivity contribution < 1.29 is 8.42 Å². The molecule has 0 unspecified atom stereocenters. The summed E-state index contributed by atoms with van der Waals surface area (Å²) in [6, 6.07) is 0. The first-order valence-electron chi connectivity index (χ1n) is 5.49. The molecule has 16 heavy (non-hydrogen) atoms. The second-order valence-corrected chi connectivity index (χ2v) is 7.02. The molecule has 3 N–H and O–H groups in total. The van der Waals surface area contributed by atoms with Crippen LogP contribution in [0.5, 0.6) is 0 Å². The van der Waals surface area contributed by atoms with Crippen LogP contribution in [0.2, 0.25) is 0 Å². The Morgan fingerprint density at radius 1 is 1.44 bits per heavy atom. The summed E-state index contributed by atoms with van der Waals surface area (Å²) in [6.45, 7) is 3.96. The number of nitrogens with one attached hydrogen (secondary N) is 1. The maximum Gasteiger partial charge on any atom is 0.279 e. The zero-order chi connectivity index (χ0) is 12.2. The molecule has 0 aliphatic carbocycles. The quantitative estimate of drug-likeness (QED) is 0.735. The average molecular weight is 267 g/mol. The molecular weight excluding hydrogens is 246 g/mol. The van der Waals surface area contributed by atoms with Gasteiger partial charge in [-0.15, -0.1) is 0 Å². The number of nitrogens with two attached hydrogens (primary N) is 1. The minimum Gasteiger partial charge on any atom is -0.329 e. The van der Waals surface area contributed by atoms with Gasteiger partial charge in [-0.05, 0) is 19.1 Å². The summed E-state index contributed by atoms with van der Waals surface area (Å²) in [6.07, 6.45) is 3.70. The van der Waals surface area contributed by atoms with Gasteiger partial charge in [-0.25, -0.2) is 4.72 Å². The van der Waals surface area contributed by atoms with E-state index in [2.05, 4.69) is 4.72 Å². The number of hydrogen-bond acceptors (Lipinski definition) is 4. The van der Waals surface area contributed by atoms with E-state index >= 15 is 0 Å². The monoisotopic (exact) mass is 267 g/mol. The van der Waals surface area contributed by atoms with E-state index in [1.807, 2.05) is 6.26 Å². The molecule has 1 aliphatic rings. The summed E-state index contributed by atoms with van der Waals surface area (Å²) in [5.41, 5.74) is 5.76. The Morgan fingerprint density at radius 2 is 2.00 bits per heavy atom. The molecule has 1 heterocycles. The van der Waals surface area contributed by atoms with Crippen LogP contribution in [0.1, 0.15) is 19.8 Å². The molecule has 0 aromatic rings. The Morgan fingerprint density at radius 3 is 2.38 bits per heavy atom. The highest BCUT2D eigenvalue weighted by Crippen LogP contribution is 2.33. The minimum absolute atomic E-state index is 0.0677. The Hall–Kier alpha value is 0.180. The van der Waals surface area contributed by atoms with Gasteiger partial charge in [0.05, 0.1) is 0 Å². The van der Waals surface area contributed by atoms with Crippen molar-refractivity contribution >= 4 is 22.0 Å². The van der Waals surface area contributed by atoms with Crippen molar-refractivity contribution in [1.82, 2.24) is 9.03 Å². The number of rotatable bonds is 5. The average Bonchev–Trinajstić information content (AvgIpc) is 2.29. The molecule has 96 valence electrons. The molecule has 0 spiro atoms. The molecule has 0 aromatic carbocycles. The Balaban J connectivity index is 2.61. The molecule has 1 rings (SSSR count). The normalized spacial score (nSPS) is 22.2. The van der Waals surface area contributed by atoms with E-state index in [-0.39, 0.29) is 4.75 Å².